The average Bonchev–Trinajstić information content (AvgIpc) is 3.27. The van der Waals surface area contributed by atoms with E-state index in [1.807, 2.05) is 12.2 Å². The molecule has 6 nitrogen and oxygen atoms in total. The van der Waals surface area contributed by atoms with Gasteiger partial charge >= 0.3 is 17.9 Å². The maximum absolute atomic E-state index is 12.7. The van der Waals surface area contributed by atoms with Crippen LogP contribution in [-0.4, -0.2) is 37.2 Å². The van der Waals surface area contributed by atoms with Crippen LogP contribution in [0, 0.1) is 0 Å². The molecule has 0 fully saturated rings. The highest BCUT2D eigenvalue weighted by molar-refractivity contribution is 5.71. The van der Waals surface area contributed by atoms with Gasteiger partial charge in [-0.1, -0.05) is 256 Å². The second kappa shape index (κ2) is 51.0. The third-order valence-electron chi connectivity index (χ3n) is 11.6. The number of esters is 3. The van der Waals surface area contributed by atoms with E-state index in [2.05, 4.69) is 57.2 Å². The van der Waals surface area contributed by atoms with Crippen molar-refractivity contribution in [3.8, 4) is 0 Å². The van der Waals surface area contributed by atoms with E-state index >= 15 is 0 Å². The van der Waals surface area contributed by atoms with Crippen molar-refractivity contribution in [2.24, 2.45) is 0 Å². The highest BCUT2D eigenvalue weighted by Crippen LogP contribution is 2.17. The fraction of sp³-hybridized carbons (Fsp3) is 0.804. The molecular weight excluding hydrogens is 769 g/mol. The highest BCUT2D eigenvalue weighted by Gasteiger charge is 2.19. The Balaban J connectivity index is 4.03. The van der Waals surface area contributed by atoms with Gasteiger partial charge in [-0.15, -0.1) is 0 Å². The first-order chi connectivity index (χ1) is 30.5. The summed E-state index contributed by atoms with van der Waals surface area (Å²) in [4.78, 5) is 37.6. The first-order valence-corrected chi connectivity index (χ1v) is 26.6. The van der Waals surface area contributed by atoms with Gasteiger partial charge in [0.15, 0.2) is 6.10 Å². The summed E-state index contributed by atoms with van der Waals surface area (Å²) < 4.78 is 16.6. The largest absolute Gasteiger partial charge is 0.462 e. The molecule has 0 aliphatic carbocycles. The number of rotatable bonds is 48. The number of carbonyl (C=O) groups excluding carboxylic acids is 3. The van der Waals surface area contributed by atoms with Gasteiger partial charge in [0.05, 0.1) is 0 Å². The van der Waals surface area contributed by atoms with E-state index in [4.69, 9.17) is 14.2 Å². The van der Waals surface area contributed by atoms with Crippen LogP contribution in [-0.2, 0) is 28.6 Å². The van der Waals surface area contributed by atoms with Crippen LogP contribution in [0.5, 0.6) is 0 Å². The third kappa shape index (κ3) is 48.4. The van der Waals surface area contributed by atoms with E-state index in [1.54, 1.807) is 0 Å². The minimum absolute atomic E-state index is 0.0994. The number of unbranched alkanes of at least 4 members (excludes halogenated alkanes) is 29. The van der Waals surface area contributed by atoms with E-state index in [9.17, 15) is 14.4 Å². The van der Waals surface area contributed by atoms with Gasteiger partial charge in [-0.25, -0.2) is 0 Å². The summed E-state index contributed by atoms with van der Waals surface area (Å²) in [6.07, 6.45) is 61.8. The predicted octanol–water partition coefficient (Wildman–Crippen LogP) is 17.5. The van der Waals surface area contributed by atoms with Crippen LogP contribution in [0.15, 0.2) is 48.6 Å². The Morgan fingerprint density at radius 2 is 0.629 bits per heavy atom. The lowest BCUT2D eigenvalue weighted by Crippen LogP contribution is -2.30. The van der Waals surface area contributed by atoms with E-state index in [0.29, 0.717) is 19.3 Å². The highest BCUT2D eigenvalue weighted by atomic mass is 16.6. The SMILES string of the molecule is CC/C=C\C/C=C\C/C=C\C/C=C\CCC(=O)OC(COC(=O)CCCCCCC)COC(=O)CCCCCCCCCCCCCCCCCCCCCCCCCCCC. The Morgan fingerprint density at radius 3 is 0.952 bits per heavy atom. The topological polar surface area (TPSA) is 78.9 Å². The monoisotopic (exact) mass is 869 g/mol. The van der Waals surface area contributed by atoms with Crippen LogP contribution in [0.2, 0.25) is 0 Å². The number of hydrogen-bond acceptors (Lipinski definition) is 6. The molecule has 0 N–H and O–H groups in total. The summed E-state index contributed by atoms with van der Waals surface area (Å²) in [5, 5.41) is 0. The zero-order valence-corrected chi connectivity index (χ0v) is 41.1. The summed E-state index contributed by atoms with van der Waals surface area (Å²) in [5.74, 6) is -0.990. The van der Waals surface area contributed by atoms with Crippen molar-refractivity contribution in [2.75, 3.05) is 13.2 Å². The van der Waals surface area contributed by atoms with Crippen LogP contribution in [0.1, 0.15) is 271 Å². The van der Waals surface area contributed by atoms with Crippen LogP contribution >= 0.6 is 0 Å². The van der Waals surface area contributed by atoms with Gasteiger partial charge in [0, 0.05) is 19.3 Å². The maximum Gasteiger partial charge on any atom is 0.306 e. The molecule has 0 rings (SSSR count). The van der Waals surface area contributed by atoms with Crippen LogP contribution in [0.3, 0.4) is 0 Å². The van der Waals surface area contributed by atoms with Gasteiger partial charge < -0.3 is 14.2 Å². The number of ether oxygens (including phenoxy) is 3. The van der Waals surface area contributed by atoms with Crippen molar-refractivity contribution >= 4 is 17.9 Å². The van der Waals surface area contributed by atoms with Crippen molar-refractivity contribution in [1.82, 2.24) is 0 Å². The van der Waals surface area contributed by atoms with Crippen molar-refractivity contribution in [3.05, 3.63) is 48.6 Å². The minimum atomic E-state index is -0.804. The molecule has 1 atom stereocenters. The van der Waals surface area contributed by atoms with E-state index in [0.717, 1.165) is 70.6 Å². The molecule has 0 aliphatic rings. The van der Waals surface area contributed by atoms with Crippen LogP contribution < -0.4 is 0 Å². The zero-order valence-electron chi connectivity index (χ0n) is 41.1. The van der Waals surface area contributed by atoms with Crippen molar-refractivity contribution in [3.63, 3.8) is 0 Å². The summed E-state index contributed by atoms with van der Waals surface area (Å²) in [7, 11) is 0. The molecule has 360 valence electrons. The Morgan fingerprint density at radius 1 is 0.339 bits per heavy atom. The molecule has 0 aliphatic heterocycles. The molecule has 0 aromatic rings. The average molecular weight is 869 g/mol. The molecule has 0 spiro atoms. The van der Waals surface area contributed by atoms with E-state index in [-0.39, 0.29) is 37.5 Å². The lowest BCUT2D eigenvalue weighted by molar-refractivity contribution is -0.166. The Hall–Kier alpha value is -2.63. The predicted molar refractivity (Wildman–Crippen MR) is 265 cm³/mol. The summed E-state index contributed by atoms with van der Waals surface area (Å²) >= 11 is 0. The molecule has 62 heavy (non-hydrogen) atoms. The molecule has 0 aromatic heterocycles. The lowest BCUT2D eigenvalue weighted by Gasteiger charge is -2.18. The molecule has 0 amide bonds. The van der Waals surface area contributed by atoms with E-state index in [1.165, 1.54) is 154 Å². The number of carbonyl (C=O) groups is 3. The first kappa shape index (κ1) is 59.4. The Kier molecular flexibility index (Phi) is 48.8. The molecule has 6 heteroatoms. The van der Waals surface area contributed by atoms with Gasteiger partial charge in [0.1, 0.15) is 13.2 Å². The van der Waals surface area contributed by atoms with Crippen LogP contribution in [0.25, 0.3) is 0 Å². The van der Waals surface area contributed by atoms with Crippen molar-refractivity contribution in [2.45, 2.75) is 277 Å². The van der Waals surface area contributed by atoms with Gasteiger partial charge in [-0.3, -0.25) is 14.4 Å². The Bertz CT molecular complexity index is 1090. The standard InChI is InChI=1S/C56H100O6/c1-4-7-10-13-15-17-19-21-22-23-24-25-26-27-28-29-30-31-32-33-35-36-38-40-43-46-49-55(58)61-52-53(51-60-54(57)48-45-42-12-9-6-3)62-56(59)50-47-44-41-39-37-34-20-18-16-14-11-8-5-2/h8,11,16,18,34,37,41,44,53H,4-7,9-10,12-15,17,19-33,35-36,38-40,42-43,45-52H2,1-3H3/b11-8-,18-16-,37-34-,44-41-. The zero-order chi connectivity index (χ0) is 45.1. The van der Waals surface area contributed by atoms with Crippen molar-refractivity contribution in [1.29, 1.82) is 0 Å². The number of allylic oxidation sites excluding steroid dienone is 8. The molecule has 0 saturated heterocycles. The van der Waals surface area contributed by atoms with Crippen LogP contribution in [0.4, 0.5) is 0 Å². The smallest absolute Gasteiger partial charge is 0.306 e. The second-order valence-electron chi connectivity index (χ2n) is 17.8. The fourth-order valence-corrected chi connectivity index (χ4v) is 7.63. The summed E-state index contributed by atoms with van der Waals surface area (Å²) in [5.41, 5.74) is 0. The van der Waals surface area contributed by atoms with Gasteiger partial charge in [-0.05, 0) is 44.9 Å². The molecule has 0 aromatic carbocycles. The molecule has 0 bridgehead atoms. The molecule has 1 unspecified atom stereocenters. The lowest BCUT2D eigenvalue weighted by atomic mass is 10.0. The quantitative estimate of drug-likeness (QED) is 0.0262. The minimum Gasteiger partial charge on any atom is -0.462 e. The molecular formula is C56H100O6. The summed E-state index contributed by atoms with van der Waals surface area (Å²) in [6.45, 7) is 6.39. The van der Waals surface area contributed by atoms with Gasteiger partial charge in [0.2, 0.25) is 0 Å². The van der Waals surface area contributed by atoms with E-state index < -0.39 is 6.10 Å². The molecule has 0 heterocycles. The van der Waals surface area contributed by atoms with Gasteiger partial charge in [0.25, 0.3) is 0 Å². The first-order valence-electron chi connectivity index (χ1n) is 26.6. The number of hydrogen-bond donors (Lipinski definition) is 0. The molecule has 0 radical (unpaired) electrons. The normalized spacial score (nSPS) is 12.4. The Labute approximate surface area is 384 Å². The third-order valence-corrected chi connectivity index (χ3v) is 11.6. The maximum atomic E-state index is 12.7. The van der Waals surface area contributed by atoms with Crippen molar-refractivity contribution < 1.29 is 28.6 Å². The molecule has 0 saturated carbocycles. The van der Waals surface area contributed by atoms with Gasteiger partial charge in [-0.2, -0.15) is 0 Å². The second-order valence-corrected chi connectivity index (χ2v) is 17.8. The fourth-order valence-electron chi connectivity index (χ4n) is 7.63. The summed E-state index contributed by atoms with van der Waals surface area (Å²) in [6, 6.07) is 0.